The smallest absolute Gasteiger partial charge is 0.408 e. The Balaban J connectivity index is 1.92. The maximum Gasteiger partial charge on any atom is 0.417 e. The van der Waals surface area contributed by atoms with Crippen LogP contribution in [0.15, 0.2) is 52.7 Å². The second kappa shape index (κ2) is 6.23. The molecule has 2 N–H and O–H groups in total. The number of benzene rings is 2. The minimum atomic E-state index is -0.646. The molecule has 27 heavy (non-hydrogen) atoms. The molecule has 2 heterocycles. The molecule has 0 saturated heterocycles. The summed E-state index contributed by atoms with van der Waals surface area (Å²) in [6.07, 6.45) is 3.08. The van der Waals surface area contributed by atoms with Gasteiger partial charge in [-0.25, -0.2) is 19.2 Å². The van der Waals surface area contributed by atoms with Crippen LogP contribution in [0.25, 0.3) is 22.2 Å². The van der Waals surface area contributed by atoms with E-state index in [0.717, 1.165) is 0 Å². The predicted octanol–water partition coefficient (Wildman–Crippen LogP) is 2.08. The molecule has 0 aliphatic rings. The summed E-state index contributed by atoms with van der Waals surface area (Å²) in [4.78, 5) is 56.6. The normalized spacial score (nSPS) is 10.7. The van der Waals surface area contributed by atoms with E-state index >= 15 is 0 Å². The second-order valence-electron chi connectivity index (χ2n) is 5.57. The molecule has 0 saturated carbocycles. The quantitative estimate of drug-likeness (QED) is 0.418. The third-order valence-corrected chi connectivity index (χ3v) is 3.95. The largest absolute Gasteiger partial charge is 0.417 e. The van der Waals surface area contributed by atoms with E-state index in [0.29, 0.717) is 22.2 Å². The van der Waals surface area contributed by atoms with Crippen molar-refractivity contribution in [2.24, 2.45) is 9.98 Å². The van der Waals surface area contributed by atoms with Crippen molar-refractivity contribution < 1.29 is 18.4 Å². The minimum absolute atomic E-state index is 0.174. The van der Waals surface area contributed by atoms with Gasteiger partial charge in [0.2, 0.25) is 12.2 Å². The number of carbonyl (C=O) groups excluding carboxylic acids is 2. The topological polar surface area (TPSA) is 151 Å². The number of nitrogens with one attached hydrogen (secondary N) is 2. The van der Waals surface area contributed by atoms with Crippen LogP contribution >= 0.6 is 0 Å². The highest BCUT2D eigenvalue weighted by molar-refractivity contribution is 5.81. The molecule has 10 heteroatoms. The van der Waals surface area contributed by atoms with Gasteiger partial charge in [0.15, 0.2) is 11.2 Å². The number of aromatic amines is 2. The first-order valence-electron chi connectivity index (χ1n) is 7.54. The highest BCUT2D eigenvalue weighted by Gasteiger charge is 2.14. The van der Waals surface area contributed by atoms with Gasteiger partial charge in [-0.2, -0.15) is 9.98 Å². The van der Waals surface area contributed by atoms with E-state index in [9.17, 15) is 19.2 Å². The van der Waals surface area contributed by atoms with Crippen LogP contribution in [-0.4, -0.2) is 22.1 Å². The molecule has 4 rings (SSSR count). The third-order valence-electron chi connectivity index (χ3n) is 3.95. The molecule has 0 fully saturated rings. The van der Waals surface area contributed by atoms with Crippen LogP contribution in [0.2, 0.25) is 0 Å². The van der Waals surface area contributed by atoms with Crippen molar-refractivity contribution >= 4 is 45.7 Å². The Morgan fingerprint density at radius 2 is 1.22 bits per heavy atom. The van der Waals surface area contributed by atoms with Gasteiger partial charge < -0.3 is 8.83 Å². The van der Waals surface area contributed by atoms with Crippen LogP contribution in [-0.2, 0) is 16.0 Å². The lowest BCUT2D eigenvalue weighted by Crippen LogP contribution is -1.94. The molecular weight excluding hydrogens is 356 g/mol. The van der Waals surface area contributed by atoms with E-state index in [-0.39, 0.29) is 29.0 Å². The van der Waals surface area contributed by atoms with Gasteiger partial charge in [0.1, 0.15) is 0 Å². The van der Waals surface area contributed by atoms with Crippen LogP contribution in [0.1, 0.15) is 11.1 Å². The second-order valence-corrected chi connectivity index (χ2v) is 5.57. The maximum atomic E-state index is 11.4. The molecular formula is C17H8N4O6. The lowest BCUT2D eigenvalue weighted by Gasteiger charge is -2.07. The van der Waals surface area contributed by atoms with E-state index in [1.807, 2.05) is 0 Å². The number of hydrogen-bond acceptors (Lipinski definition) is 8. The number of H-pyrrole nitrogens is 2. The molecule has 0 aliphatic heterocycles. The van der Waals surface area contributed by atoms with Crippen molar-refractivity contribution in [2.45, 2.75) is 6.42 Å². The molecule has 2 aromatic heterocycles. The van der Waals surface area contributed by atoms with Gasteiger partial charge in [-0.3, -0.25) is 9.97 Å². The number of nitrogens with zero attached hydrogens (tertiary/aromatic N) is 2. The zero-order valence-electron chi connectivity index (χ0n) is 13.4. The zero-order valence-corrected chi connectivity index (χ0v) is 13.4. The van der Waals surface area contributed by atoms with Gasteiger partial charge in [0, 0.05) is 18.6 Å². The van der Waals surface area contributed by atoms with Crippen molar-refractivity contribution in [1.82, 2.24) is 9.97 Å². The highest BCUT2D eigenvalue weighted by atomic mass is 16.4. The van der Waals surface area contributed by atoms with Crippen molar-refractivity contribution in [3.63, 3.8) is 0 Å². The first kappa shape index (κ1) is 16.2. The molecule has 0 bridgehead atoms. The Morgan fingerprint density at radius 3 is 1.63 bits per heavy atom. The summed E-state index contributed by atoms with van der Waals surface area (Å²) >= 11 is 0. The van der Waals surface area contributed by atoms with E-state index < -0.39 is 11.5 Å². The standard InChI is InChI=1S/C17H8N4O6/c22-6-18-10-4-14-12(20-16(24)26-14)2-8(10)1-9-3-13-15(27-17(25)21-13)5-11(9)19-7-23/h2-5H,1H2,(H,20,24)(H,21,25). The first-order chi connectivity index (χ1) is 13.1. The van der Waals surface area contributed by atoms with Crippen LogP contribution in [0.5, 0.6) is 0 Å². The highest BCUT2D eigenvalue weighted by Crippen LogP contribution is 2.31. The van der Waals surface area contributed by atoms with Crippen molar-refractivity contribution in [1.29, 1.82) is 0 Å². The molecule has 0 atom stereocenters. The summed E-state index contributed by atoms with van der Waals surface area (Å²) in [5.41, 5.74) is 2.85. The number of oxazole rings is 2. The Hall–Kier alpha value is -4.26. The Labute approximate surface area is 147 Å². The van der Waals surface area contributed by atoms with Gasteiger partial charge in [-0.1, -0.05) is 0 Å². The number of aromatic nitrogens is 2. The monoisotopic (exact) mass is 364 g/mol. The minimum Gasteiger partial charge on any atom is -0.408 e. The number of aliphatic imine (C=N–C) groups is 2. The average molecular weight is 364 g/mol. The van der Waals surface area contributed by atoms with Crippen LogP contribution in [0.4, 0.5) is 11.4 Å². The van der Waals surface area contributed by atoms with Crippen LogP contribution < -0.4 is 11.5 Å². The van der Waals surface area contributed by atoms with E-state index in [1.165, 1.54) is 24.3 Å². The summed E-state index contributed by atoms with van der Waals surface area (Å²) in [6.45, 7) is 0. The zero-order chi connectivity index (χ0) is 19.0. The first-order valence-corrected chi connectivity index (χ1v) is 7.54. The average Bonchev–Trinajstić information content (AvgIpc) is 3.15. The predicted molar refractivity (Wildman–Crippen MR) is 92.0 cm³/mol. The summed E-state index contributed by atoms with van der Waals surface area (Å²) in [5, 5.41) is 0. The molecule has 0 aliphatic carbocycles. The fourth-order valence-electron chi connectivity index (χ4n) is 2.86. The molecule has 0 spiro atoms. The molecule has 2 aromatic carbocycles. The lowest BCUT2D eigenvalue weighted by atomic mass is 10.0. The van der Waals surface area contributed by atoms with Crippen molar-refractivity contribution in [3.05, 3.63) is 56.5 Å². The van der Waals surface area contributed by atoms with E-state index in [2.05, 4.69) is 20.0 Å². The van der Waals surface area contributed by atoms with Gasteiger partial charge in [0.25, 0.3) is 0 Å². The number of rotatable bonds is 4. The SMILES string of the molecule is O=C=Nc1cc2oc(=O)[nH]c2cc1Cc1cc2[nH]c(=O)oc2cc1N=C=O. The van der Waals surface area contributed by atoms with E-state index in [1.54, 1.807) is 12.1 Å². The molecule has 132 valence electrons. The van der Waals surface area contributed by atoms with Gasteiger partial charge >= 0.3 is 11.5 Å². The van der Waals surface area contributed by atoms with Crippen molar-refractivity contribution in [2.75, 3.05) is 0 Å². The summed E-state index contributed by atoms with van der Waals surface area (Å²) < 4.78 is 9.92. The summed E-state index contributed by atoms with van der Waals surface area (Å²) in [5.74, 6) is -1.29. The van der Waals surface area contributed by atoms with Crippen LogP contribution in [0.3, 0.4) is 0 Å². The molecule has 0 unspecified atom stereocenters. The third kappa shape index (κ3) is 2.93. The van der Waals surface area contributed by atoms with Gasteiger partial charge in [0.05, 0.1) is 22.4 Å². The Morgan fingerprint density at radius 1 is 0.778 bits per heavy atom. The Bertz CT molecular complexity index is 1300. The molecule has 0 radical (unpaired) electrons. The fraction of sp³-hybridized carbons (Fsp3) is 0.0588. The summed E-state index contributed by atoms with van der Waals surface area (Å²) in [6, 6.07) is 6.03. The fourth-order valence-corrected chi connectivity index (χ4v) is 2.86. The number of fused-ring (bicyclic) bond motifs is 2. The summed E-state index contributed by atoms with van der Waals surface area (Å²) in [7, 11) is 0. The van der Waals surface area contributed by atoms with Gasteiger partial charge in [-0.05, 0) is 23.3 Å². The van der Waals surface area contributed by atoms with Crippen molar-refractivity contribution in [3.8, 4) is 0 Å². The molecule has 10 nitrogen and oxygen atoms in total. The van der Waals surface area contributed by atoms with E-state index in [4.69, 9.17) is 8.83 Å². The Kier molecular flexibility index (Phi) is 3.74. The number of isocyanates is 2. The number of hydrogen-bond donors (Lipinski definition) is 2. The van der Waals surface area contributed by atoms with Gasteiger partial charge in [-0.15, -0.1) is 0 Å². The molecule has 4 aromatic rings. The van der Waals surface area contributed by atoms with Crippen LogP contribution in [0, 0.1) is 0 Å². The molecule has 0 amide bonds. The maximum absolute atomic E-state index is 11.4. The lowest BCUT2D eigenvalue weighted by molar-refractivity contribution is 0.555.